The molecule has 1 aromatic carbocycles. The molecule has 1 aliphatic rings. The number of carbonyl (C=O) groups is 1. The predicted molar refractivity (Wildman–Crippen MR) is 146 cm³/mol. The van der Waals surface area contributed by atoms with E-state index in [1.54, 1.807) is 41.3 Å². The first kappa shape index (κ1) is 23.8. The predicted octanol–water partition coefficient (Wildman–Crippen LogP) is 5.14. The molecule has 1 saturated carbocycles. The zero-order chi connectivity index (χ0) is 25.5. The van der Waals surface area contributed by atoms with E-state index in [0.29, 0.717) is 34.4 Å². The van der Waals surface area contributed by atoms with E-state index >= 15 is 0 Å². The molecule has 5 aromatic rings. The number of benzene rings is 1. The Kier molecular flexibility index (Phi) is 6.26. The van der Waals surface area contributed by atoms with Gasteiger partial charge < -0.3 is 5.32 Å². The van der Waals surface area contributed by atoms with Crippen LogP contribution in [0, 0.1) is 12.8 Å². The Balaban J connectivity index is 1.20. The molecule has 1 aliphatic carbocycles. The molecule has 4 aromatic heterocycles. The van der Waals surface area contributed by atoms with Gasteiger partial charge in [0.25, 0.3) is 5.91 Å². The molecule has 0 aliphatic heterocycles. The van der Waals surface area contributed by atoms with E-state index in [2.05, 4.69) is 20.3 Å². The maximum atomic E-state index is 13.7. The topological polar surface area (TPSA) is 94.7 Å². The number of carbonyl (C=O) groups excluding carboxylic acids is 1. The minimum atomic E-state index is -0.140. The first-order valence-corrected chi connectivity index (χ1v) is 13.6. The molecule has 0 spiro atoms. The molecule has 188 valence electrons. The lowest BCUT2D eigenvalue weighted by atomic mass is 9.85. The number of aryl methyl sites for hydroxylation is 1. The van der Waals surface area contributed by atoms with E-state index in [0.717, 1.165) is 47.1 Å². The lowest BCUT2D eigenvalue weighted by molar-refractivity contribution is 0.0919. The van der Waals surface area contributed by atoms with E-state index in [4.69, 9.17) is 11.6 Å². The SMILES string of the molecule is Cc1ncc(Cl)cc1C(=O)NC1CCC(Cn2c(=O)n(-c3ccc4ncsc4c3)c3ncccc32)CC1. The third kappa shape index (κ3) is 4.53. The molecule has 1 amide bonds. The normalized spacial score (nSPS) is 17.9. The largest absolute Gasteiger partial charge is 0.349 e. The summed E-state index contributed by atoms with van der Waals surface area (Å²) in [5, 5.41) is 3.59. The summed E-state index contributed by atoms with van der Waals surface area (Å²) in [7, 11) is 0. The molecule has 0 unspecified atom stereocenters. The van der Waals surface area contributed by atoms with Crippen molar-refractivity contribution >= 4 is 50.2 Å². The number of amides is 1. The number of hydrogen-bond acceptors (Lipinski definition) is 6. The van der Waals surface area contributed by atoms with Crippen LogP contribution >= 0.6 is 22.9 Å². The molecule has 0 bridgehead atoms. The average Bonchev–Trinajstić information content (AvgIpc) is 3.48. The molecule has 0 atom stereocenters. The van der Waals surface area contributed by atoms with E-state index in [1.165, 1.54) is 0 Å². The lowest BCUT2D eigenvalue weighted by Crippen LogP contribution is -2.39. The minimum absolute atomic E-state index is 0.0862. The smallest absolute Gasteiger partial charge is 0.334 e. The quantitative estimate of drug-likeness (QED) is 0.338. The molecule has 1 N–H and O–H groups in total. The maximum absolute atomic E-state index is 13.7. The van der Waals surface area contributed by atoms with Crippen LogP contribution in [0.25, 0.3) is 27.1 Å². The van der Waals surface area contributed by atoms with Crippen LogP contribution in [0.5, 0.6) is 0 Å². The van der Waals surface area contributed by atoms with Gasteiger partial charge in [-0.05, 0) is 74.9 Å². The standard InChI is InChI=1S/C27H25ClN6O2S/c1-16-21(11-18(28)13-30-16)26(35)32-19-6-4-17(5-7-19)14-33-23-3-2-10-29-25(23)34(27(33)36)20-8-9-22-24(12-20)37-15-31-22/h2-3,8-13,15,17,19H,4-7,14H2,1H3,(H,32,35). The number of thiazole rings is 1. The van der Waals surface area contributed by atoms with Gasteiger partial charge in [-0.15, -0.1) is 11.3 Å². The van der Waals surface area contributed by atoms with Crippen molar-refractivity contribution < 1.29 is 4.79 Å². The van der Waals surface area contributed by atoms with Crippen molar-refractivity contribution in [1.82, 2.24) is 29.4 Å². The van der Waals surface area contributed by atoms with E-state index in [1.807, 2.05) is 40.4 Å². The van der Waals surface area contributed by atoms with Crippen molar-refractivity contribution in [3.05, 3.63) is 81.1 Å². The van der Waals surface area contributed by atoms with Gasteiger partial charge in [0, 0.05) is 25.0 Å². The summed E-state index contributed by atoms with van der Waals surface area (Å²) < 4.78 is 4.58. The number of imidazole rings is 1. The number of rotatable bonds is 5. The maximum Gasteiger partial charge on any atom is 0.334 e. The van der Waals surface area contributed by atoms with Crippen molar-refractivity contribution in [1.29, 1.82) is 0 Å². The van der Waals surface area contributed by atoms with E-state index in [-0.39, 0.29) is 17.6 Å². The Bertz CT molecular complexity index is 1680. The summed E-state index contributed by atoms with van der Waals surface area (Å²) >= 11 is 7.59. The van der Waals surface area contributed by atoms with Gasteiger partial charge in [-0.3, -0.25) is 14.3 Å². The van der Waals surface area contributed by atoms with Crippen LogP contribution in [-0.4, -0.2) is 36.0 Å². The molecular formula is C27H25ClN6O2S. The molecule has 0 saturated heterocycles. The molecule has 37 heavy (non-hydrogen) atoms. The van der Waals surface area contributed by atoms with Crippen molar-refractivity contribution in [2.75, 3.05) is 0 Å². The second-order valence-electron chi connectivity index (χ2n) is 9.56. The summed E-state index contributed by atoms with van der Waals surface area (Å²) in [4.78, 5) is 39.5. The molecule has 0 radical (unpaired) electrons. The van der Waals surface area contributed by atoms with Crippen molar-refractivity contribution in [3.8, 4) is 5.69 Å². The number of hydrogen-bond donors (Lipinski definition) is 1. The highest BCUT2D eigenvalue weighted by atomic mass is 35.5. The average molecular weight is 533 g/mol. The second-order valence-corrected chi connectivity index (χ2v) is 10.9. The Morgan fingerprint density at radius 2 is 1.97 bits per heavy atom. The Hall–Kier alpha value is -3.56. The third-order valence-corrected chi connectivity index (χ3v) is 8.18. The number of fused-ring (bicyclic) bond motifs is 2. The van der Waals surface area contributed by atoms with Crippen LogP contribution in [-0.2, 0) is 6.54 Å². The fourth-order valence-corrected chi connectivity index (χ4v) is 6.09. The van der Waals surface area contributed by atoms with Gasteiger partial charge in [-0.1, -0.05) is 11.6 Å². The van der Waals surface area contributed by atoms with Crippen LogP contribution in [0.2, 0.25) is 5.02 Å². The van der Waals surface area contributed by atoms with E-state index < -0.39 is 0 Å². The van der Waals surface area contributed by atoms with Crippen LogP contribution in [0.15, 0.2) is 59.1 Å². The summed E-state index contributed by atoms with van der Waals surface area (Å²) in [5.74, 6) is 0.197. The highest BCUT2D eigenvalue weighted by molar-refractivity contribution is 7.16. The monoisotopic (exact) mass is 532 g/mol. The van der Waals surface area contributed by atoms with Gasteiger partial charge in [0.05, 0.1) is 43.2 Å². The van der Waals surface area contributed by atoms with Crippen LogP contribution in [0.3, 0.4) is 0 Å². The number of nitrogens with zero attached hydrogens (tertiary/aromatic N) is 5. The zero-order valence-corrected chi connectivity index (χ0v) is 21.8. The molecule has 10 heteroatoms. The highest BCUT2D eigenvalue weighted by Gasteiger charge is 2.26. The fraction of sp³-hybridized carbons (Fsp3) is 0.296. The molecule has 6 rings (SSSR count). The lowest BCUT2D eigenvalue weighted by Gasteiger charge is -2.29. The molecule has 1 fully saturated rings. The van der Waals surface area contributed by atoms with Crippen LogP contribution < -0.4 is 11.0 Å². The van der Waals surface area contributed by atoms with Crippen molar-refractivity contribution in [2.45, 2.75) is 45.2 Å². The van der Waals surface area contributed by atoms with Gasteiger partial charge >= 0.3 is 5.69 Å². The summed E-state index contributed by atoms with van der Waals surface area (Å²) in [6, 6.07) is 11.4. The fourth-order valence-electron chi connectivity index (χ4n) is 5.23. The third-order valence-electron chi connectivity index (χ3n) is 7.18. The summed E-state index contributed by atoms with van der Waals surface area (Å²) in [6.45, 7) is 2.43. The summed E-state index contributed by atoms with van der Waals surface area (Å²) in [6.07, 6.45) is 6.83. The minimum Gasteiger partial charge on any atom is -0.349 e. The molecular weight excluding hydrogens is 508 g/mol. The van der Waals surface area contributed by atoms with Gasteiger partial charge in [0.15, 0.2) is 5.65 Å². The number of pyridine rings is 2. The van der Waals surface area contributed by atoms with Crippen molar-refractivity contribution in [3.63, 3.8) is 0 Å². The Labute approximate surface area is 222 Å². The molecule has 4 heterocycles. The second kappa shape index (κ2) is 9.72. The zero-order valence-electron chi connectivity index (χ0n) is 20.2. The highest BCUT2D eigenvalue weighted by Crippen LogP contribution is 2.28. The van der Waals surface area contributed by atoms with E-state index in [9.17, 15) is 9.59 Å². The number of nitrogens with one attached hydrogen (secondary N) is 1. The Morgan fingerprint density at radius 1 is 1.14 bits per heavy atom. The first-order chi connectivity index (χ1) is 18.0. The van der Waals surface area contributed by atoms with Gasteiger partial charge in [-0.25, -0.2) is 19.3 Å². The van der Waals surface area contributed by atoms with Crippen molar-refractivity contribution in [2.24, 2.45) is 5.92 Å². The summed E-state index contributed by atoms with van der Waals surface area (Å²) in [5.41, 5.74) is 6.10. The van der Waals surface area contributed by atoms with Gasteiger partial charge in [-0.2, -0.15) is 0 Å². The first-order valence-electron chi connectivity index (χ1n) is 12.3. The van der Waals surface area contributed by atoms with Gasteiger partial charge in [0.1, 0.15) is 0 Å². The Morgan fingerprint density at radius 3 is 2.81 bits per heavy atom. The molecule has 8 nitrogen and oxygen atoms in total. The van der Waals surface area contributed by atoms with Gasteiger partial charge in [0.2, 0.25) is 0 Å². The van der Waals surface area contributed by atoms with Crippen LogP contribution in [0.4, 0.5) is 0 Å². The number of halogens is 1. The number of aromatic nitrogens is 5. The van der Waals surface area contributed by atoms with Crippen LogP contribution in [0.1, 0.15) is 41.7 Å².